The van der Waals surface area contributed by atoms with E-state index >= 15 is 0 Å². The highest BCUT2D eigenvalue weighted by Gasteiger charge is 2.30. The highest BCUT2D eigenvalue weighted by atomic mass is 32.1. The molecule has 120 valence electrons. The molecule has 1 aromatic heterocycles. The third kappa shape index (κ3) is 3.69. The van der Waals surface area contributed by atoms with Crippen LogP contribution in [0.1, 0.15) is 24.3 Å². The summed E-state index contributed by atoms with van der Waals surface area (Å²) in [5.74, 6) is -1.79. The van der Waals surface area contributed by atoms with Gasteiger partial charge in [-0.3, -0.25) is 14.9 Å². The molecule has 0 unspecified atom stereocenters. The van der Waals surface area contributed by atoms with E-state index in [1.165, 1.54) is 37.4 Å². The van der Waals surface area contributed by atoms with E-state index in [0.29, 0.717) is 10.6 Å². The van der Waals surface area contributed by atoms with Gasteiger partial charge in [-0.15, -0.1) is 11.3 Å². The lowest BCUT2D eigenvalue weighted by Gasteiger charge is -2.20. The number of non-ortho nitro benzene ring substituents is 1. The minimum atomic E-state index is -1.42. The molecule has 1 heterocycles. The van der Waals surface area contributed by atoms with Crippen molar-refractivity contribution in [3.63, 3.8) is 0 Å². The number of carbonyl (C=O) groups excluding carboxylic acids is 1. The third-order valence-electron chi connectivity index (χ3n) is 3.00. The SMILES string of the molecule is CC(C)(NC(=O)c1csc(-c2cccc([N+](=O)[O-])c2)n1)C(=O)O. The molecule has 0 spiro atoms. The summed E-state index contributed by atoms with van der Waals surface area (Å²) in [6.45, 7) is 2.72. The molecule has 8 nitrogen and oxygen atoms in total. The summed E-state index contributed by atoms with van der Waals surface area (Å²) in [4.78, 5) is 37.5. The standard InChI is InChI=1S/C14H13N3O5S/c1-14(2,13(19)20)16-11(18)10-7-23-12(15-10)8-4-3-5-9(6-8)17(21)22/h3-7H,1-2H3,(H,16,18)(H,19,20). The van der Waals surface area contributed by atoms with Crippen LogP contribution in [0.4, 0.5) is 5.69 Å². The Morgan fingerprint density at radius 1 is 1.39 bits per heavy atom. The summed E-state index contributed by atoms with van der Waals surface area (Å²) in [6, 6.07) is 5.90. The van der Waals surface area contributed by atoms with Crippen LogP contribution in [-0.4, -0.2) is 32.4 Å². The number of hydrogen-bond acceptors (Lipinski definition) is 6. The van der Waals surface area contributed by atoms with E-state index in [1.807, 2.05) is 0 Å². The van der Waals surface area contributed by atoms with E-state index in [-0.39, 0.29) is 11.4 Å². The number of thiazole rings is 1. The molecule has 2 rings (SSSR count). The maximum absolute atomic E-state index is 12.0. The summed E-state index contributed by atoms with van der Waals surface area (Å²) in [5.41, 5.74) is -0.922. The summed E-state index contributed by atoms with van der Waals surface area (Å²) >= 11 is 1.14. The monoisotopic (exact) mass is 335 g/mol. The van der Waals surface area contributed by atoms with Gasteiger partial charge in [0, 0.05) is 23.1 Å². The molecule has 1 aromatic carbocycles. The van der Waals surface area contributed by atoms with E-state index in [9.17, 15) is 19.7 Å². The maximum atomic E-state index is 12.0. The van der Waals surface area contributed by atoms with Crippen molar-refractivity contribution >= 4 is 28.9 Å². The van der Waals surface area contributed by atoms with Gasteiger partial charge in [-0.05, 0) is 13.8 Å². The van der Waals surface area contributed by atoms with E-state index in [4.69, 9.17) is 5.11 Å². The molecule has 1 amide bonds. The maximum Gasteiger partial charge on any atom is 0.328 e. The summed E-state index contributed by atoms with van der Waals surface area (Å²) < 4.78 is 0. The van der Waals surface area contributed by atoms with E-state index < -0.39 is 22.3 Å². The molecule has 0 bridgehead atoms. The number of amides is 1. The molecule has 0 aliphatic carbocycles. The van der Waals surface area contributed by atoms with Crippen molar-refractivity contribution in [1.29, 1.82) is 0 Å². The predicted molar refractivity (Wildman–Crippen MR) is 83.4 cm³/mol. The molecule has 2 N–H and O–H groups in total. The fourth-order valence-electron chi connectivity index (χ4n) is 1.66. The molecule has 23 heavy (non-hydrogen) atoms. The molecule has 0 saturated heterocycles. The van der Waals surface area contributed by atoms with Crippen LogP contribution in [-0.2, 0) is 4.79 Å². The van der Waals surface area contributed by atoms with Crippen LogP contribution in [0, 0.1) is 10.1 Å². The van der Waals surface area contributed by atoms with Crippen LogP contribution in [0.2, 0.25) is 0 Å². The molecule has 0 atom stereocenters. The smallest absolute Gasteiger partial charge is 0.328 e. The van der Waals surface area contributed by atoms with Gasteiger partial charge in [0.15, 0.2) is 0 Å². The first-order valence-electron chi connectivity index (χ1n) is 6.47. The number of nitro groups is 1. The second-order valence-electron chi connectivity index (χ2n) is 5.23. The molecule has 0 aliphatic heterocycles. The van der Waals surface area contributed by atoms with Crippen molar-refractivity contribution in [1.82, 2.24) is 10.3 Å². The summed E-state index contributed by atoms with van der Waals surface area (Å²) in [6.07, 6.45) is 0. The second kappa shape index (κ2) is 6.13. The number of carboxylic acids is 1. The van der Waals surface area contributed by atoms with E-state index in [1.54, 1.807) is 6.07 Å². The van der Waals surface area contributed by atoms with Gasteiger partial charge in [-0.1, -0.05) is 12.1 Å². The first-order chi connectivity index (χ1) is 10.7. The Morgan fingerprint density at radius 3 is 2.70 bits per heavy atom. The van der Waals surface area contributed by atoms with Gasteiger partial charge in [0.2, 0.25) is 0 Å². The zero-order valence-corrected chi connectivity index (χ0v) is 13.1. The lowest BCUT2D eigenvalue weighted by Crippen LogP contribution is -2.49. The van der Waals surface area contributed by atoms with Crippen molar-refractivity contribution < 1.29 is 19.6 Å². The number of aliphatic carboxylic acids is 1. The highest BCUT2D eigenvalue weighted by Crippen LogP contribution is 2.27. The van der Waals surface area contributed by atoms with Crippen LogP contribution in [0.25, 0.3) is 10.6 Å². The van der Waals surface area contributed by atoms with Crippen molar-refractivity contribution in [2.24, 2.45) is 0 Å². The lowest BCUT2D eigenvalue weighted by molar-refractivity contribution is -0.384. The normalized spacial score (nSPS) is 11.0. The number of hydrogen-bond donors (Lipinski definition) is 2. The molecule has 9 heteroatoms. The number of nitrogens with one attached hydrogen (secondary N) is 1. The van der Waals surface area contributed by atoms with Crippen LogP contribution in [0.15, 0.2) is 29.6 Å². The Bertz CT molecular complexity index is 784. The Morgan fingerprint density at radius 2 is 2.09 bits per heavy atom. The van der Waals surface area contributed by atoms with Crippen LogP contribution in [0.5, 0.6) is 0 Å². The number of rotatable bonds is 5. The highest BCUT2D eigenvalue weighted by molar-refractivity contribution is 7.13. The van der Waals surface area contributed by atoms with Gasteiger partial charge >= 0.3 is 5.97 Å². The van der Waals surface area contributed by atoms with Gasteiger partial charge in [0.1, 0.15) is 16.2 Å². The Labute approximate surface area is 134 Å². The summed E-state index contributed by atoms with van der Waals surface area (Å²) in [7, 11) is 0. The molecular formula is C14H13N3O5S. The van der Waals surface area contributed by atoms with Crippen LogP contribution < -0.4 is 5.32 Å². The topological polar surface area (TPSA) is 122 Å². The summed E-state index contributed by atoms with van der Waals surface area (Å²) in [5, 5.41) is 24.1. The largest absolute Gasteiger partial charge is 0.480 e. The van der Waals surface area contributed by atoms with E-state index in [2.05, 4.69) is 10.3 Å². The van der Waals surface area contributed by atoms with Crippen LogP contribution in [0.3, 0.4) is 0 Å². The predicted octanol–water partition coefficient (Wildman–Crippen LogP) is 2.31. The van der Waals surface area contributed by atoms with E-state index in [0.717, 1.165) is 11.3 Å². The van der Waals surface area contributed by atoms with Gasteiger partial charge in [0.25, 0.3) is 11.6 Å². The Balaban J connectivity index is 2.24. The molecule has 2 aromatic rings. The quantitative estimate of drug-likeness (QED) is 0.638. The first-order valence-corrected chi connectivity index (χ1v) is 7.35. The molecule has 0 saturated carbocycles. The number of carboxylic acid groups (broad SMARTS) is 1. The average Bonchev–Trinajstić information content (AvgIpc) is 2.96. The second-order valence-corrected chi connectivity index (χ2v) is 6.09. The van der Waals surface area contributed by atoms with Gasteiger partial charge in [-0.25, -0.2) is 9.78 Å². The fraction of sp³-hybridized carbons (Fsp3) is 0.214. The number of benzene rings is 1. The zero-order chi connectivity index (χ0) is 17.2. The van der Waals surface area contributed by atoms with Crippen molar-refractivity contribution in [3.8, 4) is 10.6 Å². The number of aromatic nitrogens is 1. The van der Waals surface area contributed by atoms with Crippen molar-refractivity contribution in [2.75, 3.05) is 0 Å². The minimum absolute atomic E-state index is 0.0610. The van der Waals surface area contributed by atoms with Gasteiger partial charge < -0.3 is 10.4 Å². The number of nitrogens with zero attached hydrogens (tertiary/aromatic N) is 2. The number of nitro benzene ring substituents is 1. The van der Waals surface area contributed by atoms with Crippen molar-refractivity contribution in [2.45, 2.75) is 19.4 Å². The number of carbonyl (C=O) groups is 2. The third-order valence-corrected chi connectivity index (χ3v) is 3.89. The molecule has 0 radical (unpaired) electrons. The fourth-order valence-corrected chi connectivity index (χ4v) is 2.46. The van der Waals surface area contributed by atoms with Gasteiger partial charge in [0.05, 0.1) is 4.92 Å². The Kier molecular flexibility index (Phi) is 4.41. The molecule has 0 fully saturated rings. The lowest BCUT2D eigenvalue weighted by atomic mass is 10.1. The Hall–Kier alpha value is -2.81. The van der Waals surface area contributed by atoms with Gasteiger partial charge in [-0.2, -0.15) is 0 Å². The minimum Gasteiger partial charge on any atom is -0.480 e. The molecular weight excluding hydrogens is 322 g/mol. The van der Waals surface area contributed by atoms with Crippen molar-refractivity contribution in [3.05, 3.63) is 45.5 Å². The van der Waals surface area contributed by atoms with Crippen LogP contribution >= 0.6 is 11.3 Å². The molecule has 0 aliphatic rings. The first kappa shape index (κ1) is 16.6. The zero-order valence-electron chi connectivity index (χ0n) is 12.3. The average molecular weight is 335 g/mol.